The molecule has 0 aromatic heterocycles. The molecular weight excluding hydrogens is 256 g/mol. The van der Waals surface area contributed by atoms with E-state index in [-0.39, 0.29) is 0 Å². The van der Waals surface area contributed by atoms with Crippen LogP contribution in [0, 0.1) is 11.8 Å². The standard InChI is InChI=1S/C20H42O/c1-6-7-14-20(16-15-19(4)5)21-17-12-10-8-9-11-13-18(2)3/h18-20H,6-17H2,1-5H3. The van der Waals surface area contributed by atoms with Crippen LogP contribution in [0.2, 0.25) is 0 Å². The fourth-order valence-corrected chi connectivity index (χ4v) is 2.70. The van der Waals surface area contributed by atoms with E-state index in [1.807, 2.05) is 0 Å². The Labute approximate surface area is 135 Å². The number of hydrogen-bond acceptors (Lipinski definition) is 1. The zero-order valence-electron chi connectivity index (χ0n) is 15.6. The molecule has 0 amide bonds. The maximum Gasteiger partial charge on any atom is 0.0575 e. The Bertz CT molecular complexity index is 198. The van der Waals surface area contributed by atoms with E-state index in [0.29, 0.717) is 6.10 Å². The summed E-state index contributed by atoms with van der Waals surface area (Å²) in [5.74, 6) is 1.67. The molecule has 0 spiro atoms. The predicted molar refractivity (Wildman–Crippen MR) is 95.9 cm³/mol. The fraction of sp³-hybridized carbons (Fsp3) is 1.00. The molecule has 1 heteroatoms. The summed E-state index contributed by atoms with van der Waals surface area (Å²) in [4.78, 5) is 0. The molecule has 0 aliphatic heterocycles. The zero-order chi connectivity index (χ0) is 15.9. The van der Waals surface area contributed by atoms with Gasteiger partial charge in [0.15, 0.2) is 0 Å². The minimum Gasteiger partial charge on any atom is -0.378 e. The second-order valence-corrected chi connectivity index (χ2v) is 7.56. The number of ether oxygens (including phenoxy) is 1. The SMILES string of the molecule is CCCCC(CCC(C)C)OCCCCCCCC(C)C. The molecule has 0 rings (SSSR count). The van der Waals surface area contributed by atoms with Gasteiger partial charge < -0.3 is 4.74 Å². The first-order chi connectivity index (χ1) is 10.1. The first-order valence-corrected chi connectivity index (χ1v) is 9.67. The summed E-state index contributed by atoms with van der Waals surface area (Å²) < 4.78 is 6.14. The summed E-state index contributed by atoms with van der Waals surface area (Å²) in [6.45, 7) is 12.5. The van der Waals surface area contributed by atoms with E-state index in [9.17, 15) is 0 Å². The van der Waals surface area contributed by atoms with Crippen molar-refractivity contribution in [2.75, 3.05) is 6.61 Å². The van der Waals surface area contributed by atoms with Crippen LogP contribution in [0.1, 0.15) is 105 Å². The maximum atomic E-state index is 6.14. The van der Waals surface area contributed by atoms with E-state index in [1.54, 1.807) is 0 Å². The molecule has 0 aliphatic rings. The van der Waals surface area contributed by atoms with Gasteiger partial charge in [-0.05, 0) is 37.5 Å². The third-order valence-corrected chi connectivity index (χ3v) is 4.23. The smallest absolute Gasteiger partial charge is 0.0575 e. The Morgan fingerprint density at radius 1 is 0.619 bits per heavy atom. The van der Waals surface area contributed by atoms with Gasteiger partial charge in [0.05, 0.1) is 6.10 Å². The van der Waals surface area contributed by atoms with Crippen LogP contribution in [0.4, 0.5) is 0 Å². The topological polar surface area (TPSA) is 9.23 Å². The highest BCUT2D eigenvalue weighted by Crippen LogP contribution is 2.16. The zero-order valence-corrected chi connectivity index (χ0v) is 15.6. The molecule has 0 fully saturated rings. The average Bonchev–Trinajstić information content (AvgIpc) is 2.43. The largest absolute Gasteiger partial charge is 0.378 e. The molecule has 0 bridgehead atoms. The summed E-state index contributed by atoms with van der Waals surface area (Å²) >= 11 is 0. The lowest BCUT2D eigenvalue weighted by molar-refractivity contribution is 0.0343. The van der Waals surface area contributed by atoms with E-state index in [4.69, 9.17) is 4.74 Å². The lowest BCUT2D eigenvalue weighted by atomic mass is 10.0. The lowest BCUT2D eigenvalue weighted by Gasteiger charge is -2.18. The highest BCUT2D eigenvalue weighted by Gasteiger charge is 2.09. The second-order valence-electron chi connectivity index (χ2n) is 7.56. The molecule has 1 atom stereocenters. The van der Waals surface area contributed by atoms with Crippen molar-refractivity contribution in [2.24, 2.45) is 11.8 Å². The Morgan fingerprint density at radius 3 is 1.86 bits per heavy atom. The van der Waals surface area contributed by atoms with Gasteiger partial charge >= 0.3 is 0 Å². The molecule has 0 aromatic carbocycles. The third-order valence-electron chi connectivity index (χ3n) is 4.23. The van der Waals surface area contributed by atoms with Crippen molar-refractivity contribution >= 4 is 0 Å². The first kappa shape index (κ1) is 21.0. The Hall–Kier alpha value is -0.0400. The highest BCUT2D eigenvalue weighted by atomic mass is 16.5. The van der Waals surface area contributed by atoms with Crippen molar-refractivity contribution in [3.05, 3.63) is 0 Å². The van der Waals surface area contributed by atoms with E-state index < -0.39 is 0 Å². The first-order valence-electron chi connectivity index (χ1n) is 9.67. The molecule has 0 aliphatic carbocycles. The van der Waals surface area contributed by atoms with Crippen molar-refractivity contribution in [1.82, 2.24) is 0 Å². The molecule has 0 aromatic rings. The molecule has 128 valence electrons. The summed E-state index contributed by atoms with van der Waals surface area (Å²) in [6, 6.07) is 0. The number of rotatable bonds is 15. The van der Waals surface area contributed by atoms with Gasteiger partial charge in [-0.1, -0.05) is 79.6 Å². The minimum absolute atomic E-state index is 0.522. The molecule has 1 unspecified atom stereocenters. The van der Waals surface area contributed by atoms with Crippen molar-refractivity contribution < 1.29 is 4.74 Å². The van der Waals surface area contributed by atoms with Gasteiger partial charge in [0, 0.05) is 6.61 Å². The van der Waals surface area contributed by atoms with Crippen molar-refractivity contribution in [2.45, 2.75) is 111 Å². The van der Waals surface area contributed by atoms with Crippen LogP contribution in [0.15, 0.2) is 0 Å². The lowest BCUT2D eigenvalue weighted by Crippen LogP contribution is -2.15. The summed E-state index contributed by atoms with van der Waals surface area (Å²) in [5.41, 5.74) is 0. The Balaban J connectivity index is 3.53. The normalized spacial score (nSPS) is 13.3. The number of hydrogen-bond donors (Lipinski definition) is 0. The van der Waals surface area contributed by atoms with Crippen LogP contribution in [0.25, 0.3) is 0 Å². The van der Waals surface area contributed by atoms with Gasteiger partial charge in [0.1, 0.15) is 0 Å². The Kier molecular flexibility index (Phi) is 14.9. The third kappa shape index (κ3) is 16.2. The minimum atomic E-state index is 0.522. The molecular formula is C20H42O. The molecule has 0 saturated heterocycles. The van der Waals surface area contributed by atoms with Gasteiger partial charge in [-0.15, -0.1) is 0 Å². The quantitative estimate of drug-likeness (QED) is 0.296. The van der Waals surface area contributed by atoms with Gasteiger partial charge in [0.25, 0.3) is 0 Å². The van der Waals surface area contributed by atoms with Crippen molar-refractivity contribution in [3.8, 4) is 0 Å². The van der Waals surface area contributed by atoms with Crippen LogP contribution in [-0.2, 0) is 4.74 Å². The average molecular weight is 299 g/mol. The molecule has 0 saturated carbocycles. The fourth-order valence-electron chi connectivity index (χ4n) is 2.70. The van der Waals surface area contributed by atoms with Gasteiger partial charge in [-0.25, -0.2) is 0 Å². The van der Waals surface area contributed by atoms with Crippen LogP contribution < -0.4 is 0 Å². The second kappa shape index (κ2) is 14.9. The van der Waals surface area contributed by atoms with Gasteiger partial charge in [-0.2, -0.15) is 0 Å². The van der Waals surface area contributed by atoms with Crippen LogP contribution >= 0.6 is 0 Å². The van der Waals surface area contributed by atoms with Gasteiger partial charge in [-0.3, -0.25) is 0 Å². The van der Waals surface area contributed by atoms with E-state index >= 15 is 0 Å². The summed E-state index contributed by atoms with van der Waals surface area (Å²) in [6.07, 6.45) is 15.2. The van der Waals surface area contributed by atoms with E-state index in [1.165, 1.54) is 70.6 Å². The van der Waals surface area contributed by atoms with Crippen LogP contribution in [0.5, 0.6) is 0 Å². The monoisotopic (exact) mass is 298 g/mol. The summed E-state index contributed by atoms with van der Waals surface area (Å²) in [7, 11) is 0. The predicted octanol–water partition coefficient (Wildman–Crippen LogP) is 6.99. The van der Waals surface area contributed by atoms with E-state index in [2.05, 4.69) is 34.6 Å². The van der Waals surface area contributed by atoms with Crippen LogP contribution in [-0.4, -0.2) is 12.7 Å². The number of unbranched alkanes of at least 4 members (excludes halogenated alkanes) is 5. The molecule has 1 nitrogen and oxygen atoms in total. The van der Waals surface area contributed by atoms with Crippen LogP contribution in [0.3, 0.4) is 0 Å². The molecule has 0 radical (unpaired) electrons. The molecule has 0 heterocycles. The maximum absolute atomic E-state index is 6.14. The van der Waals surface area contributed by atoms with Crippen molar-refractivity contribution in [1.29, 1.82) is 0 Å². The van der Waals surface area contributed by atoms with E-state index in [0.717, 1.165) is 18.4 Å². The Morgan fingerprint density at radius 2 is 1.24 bits per heavy atom. The van der Waals surface area contributed by atoms with Gasteiger partial charge in [0.2, 0.25) is 0 Å². The van der Waals surface area contributed by atoms with Crippen molar-refractivity contribution in [3.63, 3.8) is 0 Å². The molecule has 21 heavy (non-hydrogen) atoms. The molecule has 0 N–H and O–H groups in total. The highest BCUT2D eigenvalue weighted by molar-refractivity contribution is 4.60. The summed E-state index contributed by atoms with van der Waals surface area (Å²) in [5, 5.41) is 0.